The molecule has 19 heavy (non-hydrogen) atoms. The number of ether oxygens (including phenoxy) is 1. The predicted molar refractivity (Wildman–Crippen MR) is 76.2 cm³/mol. The molecule has 0 atom stereocenters. The Morgan fingerprint density at radius 2 is 2.16 bits per heavy atom. The largest absolute Gasteiger partial charge is 0.461 e. The van der Waals surface area contributed by atoms with Crippen molar-refractivity contribution in [3.05, 3.63) is 35.6 Å². The number of rotatable bonds is 7. The Morgan fingerprint density at radius 3 is 3.00 bits per heavy atom. The van der Waals surface area contributed by atoms with Gasteiger partial charge in [0, 0.05) is 30.6 Å². The molecule has 0 spiro atoms. The Labute approximate surface area is 113 Å². The van der Waals surface area contributed by atoms with Gasteiger partial charge in [0.15, 0.2) is 0 Å². The average molecular weight is 259 g/mol. The monoisotopic (exact) mass is 259 g/mol. The lowest BCUT2D eigenvalue weighted by molar-refractivity contribution is 0.126. The van der Waals surface area contributed by atoms with E-state index in [-0.39, 0.29) is 0 Å². The SMILES string of the molecule is Cc1oc2ccccc2c1CNCCOCC1CC1. The smallest absolute Gasteiger partial charge is 0.134 e. The van der Waals surface area contributed by atoms with Crippen LogP contribution in [-0.4, -0.2) is 19.8 Å². The van der Waals surface area contributed by atoms with Crippen LogP contribution in [0.4, 0.5) is 0 Å². The first kappa shape index (κ1) is 12.7. The van der Waals surface area contributed by atoms with Crippen molar-refractivity contribution in [1.82, 2.24) is 5.32 Å². The fourth-order valence-corrected chi connectivity index (χ4v) is 2.33. The van der Waals surface area contributed by atoms with Crippen molar-refractivity contribution < 1.29 is 9.15 Å². The molecule has 1 aliphatic carbocycles. The summed E-state index contributed by atoms with van der Waals surface area (Å²) in [6.07, 6.45) is 2.71. The van der Waals surface area contributed by atoms with Crippen LogP contribution >= 0.6 is 0 Å². The molecule has 0 saturated heterocycles. The highest BCUT2D eigenvalue weighted by Gasteiger charge is 2.20. The third kappa shape index (κ3) is 3.17. The zero-order valence-corrected chi connectivity index (χ0v) is 11.4. The maximum absolute atomic E-state index is 5.75. The lowest BCUT2D eigenvalue weighted by Gasteiger charge is -2.05. The summed E-state index contributed by atoms with van der Waals surface area (Å²) in [4.78, 5) is 0. The summed E-state index contributed by atoms with van der Waals surface area (Å²) in [6, 6.07) is 8.20. The summed E-state index contributed by atoms with van der Waals surface area (Å²) in [7, 11) is 0. The van der Waals surface area contributed by atoms with Crippen molar-refractivity contribution in [3.63, 3.8) is 0 Å². The van der Waals surface area contributed by atoms with E-state index >= 15 is 0 Å². The van der Waals surface area contributed by atoms with E-state index in [0.29, 0.717) is 0 Å². The molecule has 1 aliphatic rings. The first-order valence-corrected chi connectivity index (χ1v) is 7.10. The van der Waals surface area contributed by atoms with E-state index in [2.05, 4.69) is 17.4 Å². The molecule has 102 valence electrons. The Hall–Kier alpha value is -1.32. The maximum atomic E-state index is 5.75. The minimum atomic E-state index is 0.797. The van der Waals surface area contributed by atoms with Gasteiger partial charge in [-0.1, -0.05) is 18.2 Å². The van der Waals surface area contributed by atoms with Gasteiger partial charge >= 0.3 is 0 Å². The molecule has 0 aliphatic heterocycles. The molecule has 1 aromatic carbocycles. The number of hydrogen-bond donors (Lipinski definition) is 1. The molecule has 3 rings (SSSR count). The highest BCUT2D eigenvalue weighted by Crippen LogP contribution is 2.28. The van der Waals surface area contributed by atoms with Gasteiger partial charge in [0.1, 0.15) is 11.3 Å². The van der Waals surface area contributed by atoms with Crippen molar-refractivity contribution in [2.45, 2.75) is 26.3 Å². The van der Waals surface area contributed by atoms with Crippen molar-refractivity contribution in [1.29, 1.82) is 0 Å². The number of hydrogen-bond acceptors (Lipinski definition) is 3. The summed E-state index contributed by atoms with van der Waals surface area (Å²) in [6.45, 7) is 5.50. The molecule has 1 saturated carbocycles. The second-order valence-corrected chi connectivity index (χ2v) is 5.33. The molecule has 0 unspecified atom stereocenters. The van der Waals surface area contributed by atoms with E-state index in [1.807, 2.05) is 19.1 Å². The van der Waals surface area contributed by atoms with Gasteiger partial charge < -0.3 is 14.5 Å². The van der Waals surface area contributed by atoms with E-state index in [0.717, 1.165) is 43.6 Å². The van der Waals surface area contributed by atoms with Gasteiger partial charge in [0.05, 0.1) is 6.61 Å². The average Bonchev–Trinajstić information content (AvgIpc) is 3.18. The number of aryl methyl sites for hydroxylation is 1. The third-order valence-electron chi connectivity index (χ3n) is 3.68. The number of nitrogens with one attached hydrogen (secondary N) is 1. The fraction of sp³-hybridized carbons (Fsp3) is 0.500. The molecule has 1 fully saturated rings. The van der Waals surface area contributed by atoms with Gasteiger partial charge in [0.25, 0.3) is 0 Å². The van der Waals surface area contributed by atoms with Crippen LogP contribution in [0, 0.1) is 12.8 Å². The van der Waals surface area contributed by atoms with Gasteiger partial charge in [-0.05, 0) is 31.7 Å². The zero-order chi connectivity index (χ0) is 13.1. The van der Waals surface area contributed by atoms with Gasteiger partial charge in [-0.25, -0.2) is 0 Å². The van der Waals surface area contributed by atoms with Crippen LogP contribution in [0.1, 0.15) is 24.2 Å². The van der Waals surface area contributed by atoms with E-state index in [4.69, 9.17) is 9.15 Å². The molecular weight excluding hydrogens is 238 g/mol. The number of benzene rings is 1. The second-order valence-electron chi connectivity index (χ2n) is 5.33. The van der Waals surface area contributed by atoms with Gasteiger partial charge in [-0.2, -0.15) is 0 Å². The molecular formula is C16H21NO2. The van der Waals surface area contributed by atoms with Crippen molar-refractivity contribution >= 4 is 11.0 Å². The number of fused-ring (bicyclic) bond motifs is 1. The van der Waals surface area contributed by atoms with Crippen molar-refractivity contribution in [3.8, 4) is 0 Å². The molecule has 0 bridgehead atoms. The van der Waals surface area contributed by atoms with Gasteiger partial charge in [-0.3, -0.25) is 0 Å². The highest BCUT2D eigenvalue weighted by molar-refractivity contribution is 5.82. The first-order valence-electron chi connectivity index (χ1n) is 7.10. The minimum absolute atomic E-state index is 0.797. The molecule has 1 heterocycles. The highest BCUT2D eigenvalue weighted by atomic mass is 16.5. The predicted octanol–water partition coefficient (Wildman–Crippen LogP) is 3.26. The summed E-state index contributed by atoms with van der Waals surface area (Å²) in [5.74, 6) is 1.85. The van der Waals surface area contributed by atoms with Crippen LogP contribution in [0.15, 0.2) is 28.7 Å². The van der Waals surface area contributed by atoms with Crippen molar-refractivity contribution in [2.75, 3.05) is 19.8 Å². The normalized spacial score (nSPS) is 15.2. The molecule has 3 heteroatoms. The molecule has 1 aromatic heterocycles. The van der Waals surface area contributed by atoms with Crippen LogP contribution in [0.25, 0.3) is 11.0 Å². The van der Waals surface area contributed by atoms with E-state index in [9.17, 15) is 0 Å². The number of furan rings is 1. The van der Waals surface area contributed by atoms with E-state index in [1.54, 1.807) is 0 Å². The molecule has 0 amide bonds. The lowest BCUT2D eigenvalue weighted by atomic mass is 10.1. The number of para-hydroxylation sites is 1. The molecule has 1 N–H and O–H groups in total. The zero-order valence-electron chi connectivity index (χ0n) is 11.4. The topological polar surface area (TPSA) is 34.4 Å². The second kappa shape index (κ2) is 5.76. The molecule has 2 aromatic rings. The Bertz CT molecular complexity index is 543. The van der Waals surface area contributed by atoms with Gasteiger partial charge in [-0.15, -0.1) is 0 Å². The van der Waals surface area contributed by atoms with E-state index < -0.39 is 0 Å². The summed E-state index contributed by atoms with van der Waals surface area (Å²) < 4.78 is 11.4. The third-order valence-corrected chi connectivity index (χ3v) is 3.68. The maximum Gasteiger partial charge on any atom is 0.134 e. The van der Waals surface area contributed by atoms with Gasteiger partial charge in [0.2, 0.25) is 0 Å². The van der Waals surface area contributed by atoms with Crippen molar-refractivity contribution in [2.24, 2.45) is 5.92 Å². The van der Waals surface area contributed by atoms with Crippen LogP contribution in [-0.2, 0) is 11.3 Å². The molecule has 0 radical (unpaired) electrons. The van der Waals surface area contributed by atoms with Crippen LogP contribution in [0.2, 0.25) is 0 Å². The quantitative estimate of drug-likeness (QED) is 0.775. The Balaban J connectivity index is 1.48. The lowest BCUT2D eigenvalue weighted by Crippen LogP contribution is -2.20. The Morgan fingerprint density at radius 1 is 1.32 bits per heavy atom. The van der Waals surface area contributed by atoms with Crippen LogP contribution in [0.3, 0.4) is 0 Å². The van der Waals surface area contributed by atoms with E-state index in [1.165, 1.54) is 23.8 Å². The summed E-state index contributed by atoms with van der Waals surface area (Å²) >= 11 is 0. The summed E-state index contributed by atoms with van der Waals surface area (Å²) in [5.41, 5.74) is 2.24. The molecule has 3 nitrogen and oxygen atoms in total. The Kier molecular flexibility index (Phi) is 3.85. The first-order chi connectivity index (χ1) is 9.34. The van der Waals surface area contributed by atoms with Crippen LogP contribution < -0.4 is 5.32 Å². The standard InChI is InChI=1S/C16H21NO2/c1-12-15(14-4-2-3-5-16(14)19-12)10-17-8-9-18-11-13-6-7-13/h2-5,13,17H,6-11H2,1H3. The summed E-state index contributed by atoms with van der Waals surface area (Å²) in [5, 5.41) is 4.64. The minimum Gasteiger partial charge on any atom is -0.461 e. The van der Waals surface area contributed by atoms with Crippen LogP contribution in [0.5, 0.6) is 0 Å². The fourth-order valence-electron chi connectivity index (χ4n) is 2.33.